The summed E-state index contributed by atoms with van der Waals surface area (Å²) in [6.07, 6.45) is 0. The Labute approximate surface area is 126 Å². The van der Waals surface area contributed by atoms with Crippen molar-refractivity contribution in [1.29, 1.82) is 0 Å². The highest BCUT2D eigenvalue weighted by Crippen LogP contribution is 2.32. The Morgan fingerprint density at radius 3 is 2.15 bits per heavy atom. The largest absolute Gasteiger partial charge is 0.477 e. The SMILES string of the molecule is O=C(O)c1cc(S(=O)(=O)NC(CO)(CO)CO)c(Br)s1. The summed E-state index contributed by atoms with van der Waals surface area (Å²) >= 11 is 3.65. The fourth-order valence-corrected chi connectivity index (χ4v) is 5.01. The highest BCUT2D eigenvalue weighted by Gasteiger charge is 2.35. The summed E-state index contributed by atoms with van der Waals surface area (Å²) in [4.78, 5) is 10.3. The molecule has 0 amide bonds. The van der Waals surface area contributed by atoms with E-state index in [2.05, 4.69) is 15.9 Å². The highest BCUT2D eigenvalue weighted by atomic mass is 79.9. The van der Waals surface area contributed by atoms with Crippen molar-refractivity contribution in [3.63, 3.8) is 0 Å². The van der Waals surface area contributed by atoms with Crippen molar-refractivity contribution in [2.45, 2.75) is 10.4 Å². The van der Waals surface area contributed by atoms with Gasteiger partial charge in [-0.25, -0.2) is 13.2 Å². The van der Waals surface area contributed by atoms with Crippen molar-refractivity contribution >= 4 is 43.3 Å². The molecule has 0 aliphatic carbocycles. The van der Waals surface area contributed by atoms with Crippen LogP contribution in [0.2, 0.25) is 0 Å². The van der Waals surface area contributed by atoms with E-state index >= 15 is 0 Å². The molecule has 0 aliphatic heterocycles. The standard InChI is InChI=1S/C9H12BrNO7S2/c10-7-6(1-5(19-7)8(15)16)20(17,18)11-9(2-12,3-13)4-14/h1,11-14H,2-4H2,(H,15,16). The van der Waals surface area contributed by atoms with Crippen LogP contribution in [0.15, 0.2) is 14.7 Å². The maximum atomic E-state index is 12.1. The van der Waals surface area contributed by atoms with Crippen molar-refractivity contribution < 1.29 is 33.6 Å². The van der Waals surface area contributed by atoms with Crippen LogP contribution < -0.4 is 4.72 Å². The number of aliphatic hydroxyl groups excluding tert-OH is 3. The van der Waals surface area contributed by atoms with Crippen LogP contribution >= 0.6 is 27.3 Å². The summed E-state index contributed by atoms with van der Waals surface area (Å²) in [6, 6.07) is 0.941. The molecule has 20 heavy (non-hydrogen) atoms. The highest BCUT2D eigenvalue weighted by molar-refractivity contribution is 9.11. The molecule has 0 atom stereocenters. The quantitative estimate of drug-likeness (QED) is 0.410. The van der Waals surface area contributed by atoms with Gasteiger partial charge in [0.15, 0.2) is 0 Å². The average Bonchev–Trinajstić information content (AvgIpc) is 2.79. The molecule has 0 unspecified atom stereocenters. The van der Waals surface area contributed by atoms with Crippen LogP contribution in [-0.2, 0) is 10.0 Å². The zero-order valence-corrected chi connectivity index (χ0v) is 13.1. The smallest absolute Gasteiger partial charge is 0.345 e. The number of hydrogen-bond acceptors (Lipinski definition) is 7. The van der Waals surface area contributed by atoms with Crippen molar-refractivity contribution in [3.05, 3.63) is 14.7 Å². The first-order valence-electron chi connectivity index (χ1n) is 5.10. The van der Waals surface area contributed by atoms with Crippen LogP contribution in [0.25, 0.3) is 0 Å². The van der Waals surface area contributed by atoms with Crippen molar-refractivity contribution in [1.82, 2.24) is 4.72 Å². The van der Waals surface area contributed by atoms with Gasteiger partial charge in [-0.2, -0.15) is 4.72 Å². The van der Waals surface area contributed by atoms with Gasteiger partial charge in [0.05, 0.1) is 23.6 Å². The van der Waals surface area contributed by atoms with E-state index in [1.165, 1.54) is 0 Å². The third-order valence-corrected chi connectivity index (χ3v) is 6.23. The second-order valence-corrected chi connectivity index (χ2v) is 7.93. The number of hydrogen-bond donors (Lipinski definition) is 5. The number of carboxylic acid groups (broad SMARTS) is 1. The Bertz CT molecular complexity index is 585. The number of nitrogens with one attached hydrogen (secondary N) is 1. The normalized spacial score (nSPS) is 12.6. The maximum Gasteiger partial charge on any atom is 0.345 e. The third kappa shape index (κ3) is 3.55. The summed E-state index contributed by atoms with van der Waals surface area (Å²) in [5.74, 6) is -1.28. The fraction of sp³-hybridized carbons (Fsp3) is 0.444. The maximum absolute atomic E-state index is 12.1. The number of halogens is 1. The Morgan fingerprint density at radius 1 is 1.30 bits per heavy atom. The first kappa shape index (κ1) is 17.5. The average molecular weight is 390 g/mol. The fourth-order valence-electron chi connectivity index (χ4n) is 1.23. The Kier molecular flexibility index (Phi) is 5.66. The minimum Gasteiger partial charge on any atom is -0.477 e. The molecule has 1 aromatic heterocycles. The predicted molar refractivity (Wildman–Crippen MR) is 73.3 cm³/mol. The van der Waals surface area contributed by atoms with Crippen LogP contribution in [-0.4, -0.2) is 60.2 Å². The number of carboxylic acids is 1. The first-order chi connectivity index (χ1) is 9.21. The number of thiophene rings is 1. The molecule has 1 rings (SSSR count). The second kappa shape index (κ2) is 6.47. The number of carbonyl (C=O) groups is 1. The zero-order chi connectivity index (χ0) is 15.6. The van der Waals surface area contributed by atoms with E-state index in [9.17, 15) is 13.2 Å². The summed E-state index contributed by atoms with van der Waals surface area (Å²) in [6.45, 7) is -2.48. The zero-order valence-electron chi connectivity index (χ0n) is 9.91. The lowest BCUT2D eigenvalue weighted by Gasteiger charge is -2.28. The lowest BCUT2D eigenvalue weighted by Crippen LogP contribution is -2.56. The van der Waals surface area contributed by atoms with E-state index < -0.39 is 41.4 Å². The van der Waals surface area contributed by atoms with E-state index in [1.807, 2.05) is 4.72 Å². The summed E-state index contributed by atoms with van der Waals surface area (Å²) < 4.78 is 26.3. The summed E-state index contributed by atoms with van der Waals surface area (Å²) in [7, 11) is -4.23. The number of aliphatic hydroxyl groups is 3. The van der Waals surface area contributed by atoms with Crippen molar-refractivity contribution in [2.75, 3.05) is 19.8 Å². The van der Waals surface area contributed by atoms with Gasteiger partial charge in [0, 0.05) is 0 Å². The van der Waals surface area contributed by atoms with E-state index in [-0.39, 0.29) is 13.6 Å². The van der Waals surface area contributed by atoms with Crippen LogP contribution in [0.3, 0.4) is 0 Å². The van der Waals surface area contributed by atoms with Gasteiger partial charge in [0.25, 0.3) is 0 Å². The predicted octanol–water partition coefficient (Wildman–Crippen LogP) is -0.797. The van der Waals surface area contributed by atoms with Gasteiger partial charge in [-0.1, -0.05) is 0 Å². The first-order valence-corrected chi connectivity index (χ1v) is 8.20. The van der Waals surface area contributed by atoms with E-state index in [0.29, 0.717) is 11.3 Å². The molecule has 5 N–H and O–H groups in total. The molecule has 0 radical (unpaired) electrons. The molecule has 1 heterocycles. The molecule has 0 bridgehead atoms. The molecule has 1 aromatic rings. The van der Waals surface area contributed by atoms with Gasteiger partial charge in [0.2, 0.25) is 10.0 Å². The third-order valence-electron chi connectivity index (χ3n) is 2.41. The summed E-state index contributed by atoms with van der Waals surface area (Å²) in [5.41, 5.74) is -1.83. The topological polar surface area (TPSA) is 144 Å². The minimum atomic E-state index is -4.23. The molecular formula is C9H12BrNO7S2. The minimum absolute atomic E-state index is 0.0603. The van der Waals surface area contributed by atoms with E-state index in [0.717, 1.165) is 6.07 Å². The van der Waals surface area contributed by atoms with Gasteiger partial charge in [0.1, 0.15) is 15.3 Å². The number of rotatable bonds is 7. The van der Waals surface area contributed by atoms with Crippen LogP contribution in [0.1, 0.15) is 9.67 Å². The molecule has 0 spiro atoms. The molecule has 0 fully saturated rings. The van der Waals surface area contributed by atoms with Crippen LogP contribution in [0.4, 0.5) is 0 Å². The van der Waals surface area contributed by atoms with Gasteiger partial charge in [-0.15, -0.1) is 11.3 Å². The molecule has 0 aromatic carbocycles. The van der Waals surface area contributed by atoms with Gasteiger partial charge < -0.3 is 20.4 Å². The lowest BCUT2D eigenvalue weighted by molar-refractivity contribution is 0.0581. The van der Waals surface area contributed by atoms with E-state index in [1.54, 1.807) is 0 Å². The molecule has 0 saturated heterocycles. The Morgan fingerprint density at radius 2 is 1.80 bits per heavy atom. The molecular weight excluding hydrogens is 378 g/mol. The summed E-state index contributed by atoms with van der Waals surface area (Å²) in [5, 5.41) is 36.1. The van der Waals surface area contributed by atoms with Crippen LogP contribution in [0, 0.1) is 0 Å². The van der Waals surface area contributed by atoms with Crippen molar-refractivity contribution in [3.8, 4) is 0 Å². The molecule has 114 valence electrons. The lowest BCUT2D eigenvalue weighted by atomic mass is 10.1. The molecule has 11 heteroatoms. The number of aromatic carboxylic acids is 1. The van der Waals surface area contributed by atoms with Crippen LogP contribution in [0.5, 0.6) is 0 Å². The second-order valence-electron chi connectivity index (χ2n) is 3.91. The van der Waals surface area contributed by atoms with Gasteiger partial charge in [-0.3, -0.25) is 0 Å². The molecule has 8 nitrogen and oxygen atoms in total. The molecule has 0 saturated carbocycles. The van der Waals surface area contributed by atoms with Gasteiger partial charge in [-0.05, 0) is 22.0 Å². The Hall–Kier alpha value is -0.560. The van der Waals surface area contributed by atoms with Gasteiger partial charge >= 0.3 is 5.97 Å². The molecule has 0 aliphatic rings. The monoisotopic (exact) mass is 389 g/mol. The van der Waals surface area contributed by atoms with Crippen molar-refractivity contribution in [2.24, 2.45) is 0 Å². The number of sulfonamides is 1. The van der Waals surface area contributed by atoms with E-state index in [4.69, 9.17) is 20.4 Å². The Balaban J connectivity index is 3.20.